The maximum atomic E-state index is 11.6. The third-order valence-electron chi connectivity index (χ3n) is 3.41. The summed E-state index contributed by atoms with van der Waals surface area (Å²) in [4.78, 5) is 32.9. The Hall–Kier alpha value is -1.59. The number of nitrogens with one attached hydrogen (secondary N) is 1. The minimum Gasteiger partial charge on any atom is -0.481 e. The van der Waals surface area contributed by atoms with Gasteiger partial charge in [-0.3, -0.25) is 14.4 Å². The Morgan fingerprint density at radius 3 is 2.06 bits per heavy atom. The summed E-state index contributed by atoms with van der Waals surface area (Å²) in [5.41, 5.74) is -0.493. The van der Waals surface area contributed by atoms with Crippen LogP contribution in [0.3, 0.4) is 0 Å². The number of amides is 1. The molecule has 1 amide bonds. The van der Waals surface area contributed by atoms with Crippen LogP contribution in [0.15, 0.2) is 0 Å². The largest absolute Gasteiger partial charge is 0.481 e. The number of carboxylic acid groups (broad SMARTS) is 2. The highest BCUT2D eigenvalue weighted by Gasteiger charge is 2.36. The zero-order valence-corrected chi connectivity index (χ0v) is 10.3. The van der Waals surface area contributed by atoms with Gasteiger partial charge in [-0.1, -0.05) is 19.3 Å². The first-order chi connectivity index (χ1) is 8.43. The van der Waals surface area contributed by atoms with E-state index >= 15 is 0 Å². The molecule has 1 rings (SSSR count). The molecule has 0 radical (unpaired) electrons. The Kier molecular flexibility index (Phi) is 5.12. The molecule has 1 aliphatic carbocycles. The molecule has 1 saturated carbocycles. The van der Waals surface area contributed by atoms with Crippen molar-refractivity contribution < 1.29 is 24.6 Å². The van der Waals surface area contributed by atoms with E-state index in [2.05, 4.69) is 5.32 Å². The van der Waals surface area contributed by atoms with Crippen LogP contribution in [0, 0.1) is 5.41 Å². The molecule has 0 bridgehead atoms. The van der Waals surface area contributed by atoms with E-state index in [9.17, 15) is 14.4 Å². The fourth-order valence-corrected chi connectivity index (χ4v) is 2.62. The lowest BCUT2D eigenvalue weighted by Crippen LogP contribution is -2.37. The molecule has 0 heterocycles. The van der Waals surface area contributed by atoms with Crippen molar-refractivity contribution in [3.63, 3.8) is 0 Å². The molecule has 3 N–H and O–H groups in total. The summed E-state index contributed by atoms with van der Waals surface area (Å²) in [7, 11) is 0. The van der Waals surface area contributed by atoms with Crippen molar-refractivity contribution in [2.45, 2.75) is 44.9 Å². The Labute approximate surface area is 105 Å². The van der Waals surface area contributed by atoms with Gasteiger partial charge in [0.25, 0.3) is 0 Å². The number of hydrogen-bond acceptors (Lipinski definition) is 3. The van der Waals surface area contributed by atoms with Crippen LogP contribution in [-0.4, -0.2) is 34.6 Å². The second kappa shape index (κ2) is 6.37. The number of hydrogen-bond donors (Lipinski definition) is 3. The van der Waals surface area contributed by atoms with Gasteiger partial charge in [0, 0.05) is 6.42 Å². The van der Waals surface area contributed by atoms with Crippen LogP contribution in [0.1, 0.15) is 44.9 Å². The zero-order chi connectivity index (χ0) is 13.6. The number of rotatable bonds is 6. The van der Waals surface area contributed by atoms with Gasteiger partial charge in [-0.2, -0.15) is 0 Å². The van der Waals surface area contributed by atoms with Crippen LogP contribution in [0.25, 0.3) is 0 Å². The van der Waals surface area contributed by atoms with E-state index in [0.717, 1.165) is 32.1 Å². The van der Waals surface area contributed by atoms with E-state index in [1.54, 1.807) is 0 Å². The molecule has 1 aliphatic rings. The topological polar surface area (TPSA) is 104 Å². The monoisotopic (exact) mass is 257 g/mol. The van der Waals surface area contributed by atoms with Crippen LogP contribution in [0.5, 0.6) is 0 Å². The van der Waals surface area contributed by atoms with Gasteiger partial charge in [0.15, 0.2) is 0 Å². The highest BCUT2D eigenvalue weighted by atomic mass is 16.4. The quantitative estimate of drug-likeness (QED) is 0.658. The summed E-state index contributed by atoms with van der Waals surface area (Å²) in [5, 5.41) is 19.7. The number of aliphatic carboxylic acids is 2. The summed E-state index contributed by atoms with van der Waals surface area (Å²) >= 11 is 0. The van der Waals surface area contributed by atoms with Gasteiger partial charge in [0.2, 0.25) is 5.91 Å². The number of carboxylic acids is 2. The molecule has 0 spiro atoms. The van der Waals surface area contributed by atoms with E-state index in [0.29, 0.717) is 0 Å². The molecule has 0 unspecified atom stereocenters. The maximum absolute atomic E-state index is 11.6. The normalized spacial score (nSPS) is 18.0. The molecule has 0 atom stereocenters. The third-order valence-corrected chi connectivity index (χ3v) is 3.41. The van der Waals surface area contributed by atoms with Crippen molar-refractivity contribution in [2.24, 2.45) is 5.41 Å². The average Bonchev–Trinajstić information content (AvgIpc) is 2.26. The first-order valence-electron chi connectivity index (χ1n) is 6.14. The summed E-state index contributed by atoms with van der Waals surface area (Å²) in [6.07, 6.45) is 4.46. The molecule has 0 aromatic carbocycles. The fourth-order valence-electron chi connectivity index (χ4n) is 2.62. The van der Waals surface area contributed by atoms with Crippen molar-refractivity contribution in [3.05, 3.63) is 0 Å². The van der Waals surface area contributed by atoms with Gasteiger partial charge >= 0.3 is 11.9 Å². The van der Waals surface area contributed by atoms with Crippen molar-refractivity contribution in [3.8, 4) is 0 Å². The molecule has 6 nitrogen and oxygen atoms in total. The lowest BCUT2D eigenvalue weighted by Gasteiger charge is -2.35. The first kappa shape index (κ1) is 14.5. The van der Waals surface area contributed by atoms with Gasteiger partial charge < -0.3 is 15.5 Å². The van der Waals surface area contributed by atoms with Gasteiger partial charge in [-0.15, -0.1) is 0 Å². The standard InChI is InChI=1S/C12H19NO5/c14-9(13-8-11(17)18)6-12(7-10(15)16)4-2-1-3-5-12/h1-8H2,(H,13,14)(H,15,16)(H,17,18). The second-order valence-corrected chi connectivity index (χ2v) is 4.98. The van der Waals surface area contributed by atoms with Crippen molar-refractivity contribution >= 4 is 17.8 Å². The van der Waals surface area contributed by atoms with E-state index in [-0.39, 0.29) is 18.7 Å². The van der Waals surface area contributed by atoms with E-state index < -0.39 is 23.9 Å². The molecule has 6 heteroatoms. The van der Waals surface area contributed by atoms with Crippen molar-refractivity contribution in [1.82, 2.24) is 5.32 Å². The molecule has 102 valence electrons. The lowest BCUT2D eigenvalue weighted by molar-refractivity contribution is -0.142. The summed E-state index contributed by atoms with van der Waals surface area (Å²) in [5.74, 6) is -2.37. The molecular formula is C12H19NO5. The predicted molar refractivity (Wildman–Crippen MR) is 63.0 cm³/mol. The van der Waals surface area contributed by atoms with Crippen LogP contribution in [0.4, 0.5) is 0 Å². The Balaban J connectivity index is 2.57. The predicted octanol–water partition coefficient (Wildman–Crippen LogP) is 1.00. The first-order valence-corrected chi connectivity index (χ1v) is 6.14. The maximum Gasteiger partial charge on any atom is 0.322 e. The van der Waals surface area contributed by atoms with E-state index in [1.807, 2.05) is 0 Å². The number of carbonyl (C=O) groups is 3. The third kappa shape index (κ3) is 4.73. The molecule has 0 aromatic heterocycles. The second-order valence-electron chi connectivity index (χ2n) is 4.98. The molecule has 1 fully saturated rings. The Bertz CT molecular complexity index is 333. The minimum atomic E-state index is -1.10. The smallest absolute Gasteiger partial charge is 0.322 e. The Morgan fingerprint density at radius 2 is 1.56 bits per heavy atom. The van der Waals surface area contributed by atoms with Crippen LogP contribution in [0.2, 0.25) is 0 Å². The molecule has 0 aliphatic heterocycles. The van der Waals surface area contributed by atoms with Gasteiger partial charge in [0.1, 0.15) is 6.54 Å². The SMILES string of the molecule is O=C(O)CNC(=O)CC1(CC(=O)O)CCCCC1. The molecule has 18 heavy (non-hydrogen) atoms. The van der Waals surface area contributed by atoms with E-state index in [1.165, 1.54) is 0 Å². The summed E-state index contributed by atoms with van der Waals surface area (Å²) in [6.45, 7) is -0.415. The minimum absolute atomic E-state index is 0.0203. The average molecular weight is 257 g/mol. The van der Waals surface area contributed by atoms with Gasteiger partial charge in [0.05, 0.1) is 6.42 Å². The van der Waals surface area contributed by atoms with E-state index in [4.69, 9.17) is 10.2 Å². The zero-order valence-electron chi connectivity index (χ0n) is 10.3. The number of carbonyl (C=O) groups excluding carboxylic acids is 1. The van der Waals surface area contributed by atoms with Crippen LogP contribution in [-0.2, 0) is 14.4 Å². The molecular weight excluding hydrogens is 238 g/mol. The van der Waals surface area contributed by atoms with Gasteiger partial charge in [-0.05, 0) is 18.3 Å². The van der Waals surface area contributed by atoms with Crippen LogP contribution >= 0.6 is 0 Å². The summed E-state index contributed by atoms with van der Waals surface area (Å²) < 4.78 is 0. The van der Waals surface area contributed by atoms with Crippen molar-refractivity contribution in [1.29, 1.82) is 0 Å². The molecule has 0 saturated heterocycles. The van der Waals surface area contributed by atoms with Crippen LogP contribution < -0.4 is 5.32 Å². The Morgan fingerprint density at radius 1 is 0.944 bits per heavy atom. The summed E-state index contributed by atoms with van der Waals surface area (Å²) in [6, 6.07) is 0. The molecule has 0 aromatic rings. The highest BCUT2D eigenvalue weighted by molar-refractivity contribution is 5.82. The lowest BCUT2D eigenvalue weighted by atomic mass is 9.69. The highest BCUT2D eigenvalue weighted by Crippen LogP contribution is 2.42. The van der Waals surface area contributed by atoms with Gasteiger partial charge in [-0.25, -0.2) is 0 Å². The fraction of sp³-hybridized carbons (Fsp3) is 0.750. The van der Waals surface area contributed by atoms with Crippen molar-refractivity contribution in [2.75, 3.05) is 6.54 Å².